The van der Waals surface area contributed by atoms with E-state index in [1.807, 2.05) is 25.7 Å². The number of nitrogens with zero attached hydrogens (tertiary/aromatic N) is 2. The molecule has 144 valence electrons. The second-order valence-corrected chi connectivity index (χ2v) is 8.38. The lowest BCUT2D eigenvalue weighted by Crippen LogP contribution is -2.42. The fraction of sp³-hybridized carbons (Fsp3) is 0.667. The van der Waals surface area contributed by atoms with Crippen molar-refractivity contribution in [2.24, 2.45) is 5.92 Å². The van der Waals surface area contributed by atoms with Crippen molar-refractivity contribution in [3.05, 3.63) is 29.8 Å². The zero-order valence-electron chi connectivity index (χ0n) is 16.4. The summed E-state index contributed by atoms with van der Waals surface area (Å²) in [5, 5.41) is 0. The molecule has 5 heteroatoms. The number of rotatable bonds is 3. The monoisotopic (exact) mass is 360 g/mol. The van der Waals surface area contributed by atoms with E-state index >= 15 is 0 Å². The lowest BCUT2D eigenvalue weighted by molar-refractivity contribution is 0.0184. The van der Waals surface area contributed by atoms with E-state index < -0.39 is 5.60 Å². The molecule has 0 saturated carbocycles. The Morgan fingerprint density at radius 1 is 1.15 bits per heavy atom. The van der Waals surface area contributed by atoms with Crippen molar-refractivity contribution < 1.29 is 14.3 Å². The van der Waals surface area contributed by atoms with E-state index in [4.69, 9.17) is 9.47 Å². The molecule has 0 N–H and O–H groups in total. The van der Waals surface area contributed by atoms with Crippen molar-refractivity contribution in [3.8, 4) is 0 Å². The molecule has 0 spiro atoms. The third kappa shape index (κ3) is 5.37. The fourth-order valence-electron chi connectivity index (χ4n) is 3.68. The van der Waals surface area contributed by atoms with Gasteiger partial charge in [-0.05, 0) is 63.6 Å². The van der Waals surface area contributed by atoms with Gasteiger partial charge in [0.15, 0.2) is 0 Å². The Bertz CT molecular complexity index is 598. The quantitative estimate of drug-likeness (QED) is 0.824. The number of ether oxygens (including phenoxy) is 2. The van der Waals surface area contributed by atoms with Crippen LogP contribution in [-0.2, 0) is 15.9 Å². The molecule has 0 atom stereocenters. The Balaban J connectivity index is 1.51. The molecular formula is C21H32N2O3. The van der Waals surface area contributed by atoms with Crippen LogP contribution in [0.3, 0.4) is 0 Å². The minimum Gasteiger partial charge on any atom is -0.444 e. The van der Waals surface area contributed by atoms with E-state index in [1.54, 1.807) is 0 Å². The van der Waals surface area contributed by atoms with E-state index in [0.29, 0.717) is 5.92 Å². The molecule has 2 saturated heterocycles. The van der Waals surface area contributed by atoms with Gasteiger partial charge in [0, 0.05) is 31.9 Å². The summed E-state index contributed by atoms with van der Waals surface area (Å²) in [5.41, 5.74) is 2.27. The summed E-state index contributed by atoms with van der Waals surface area (Å²) in [6.45, 7) is 10.9. The molecule has 0 bridgehead atoms. The minimum absolute atomic E-state index is 0.176. The number of carbonyl (C=O) groups excluding carboxylic acids is 1. The molecule has 2 fully saturated rings. The molecule has 0 aromatic heterocycles. The molecule has 1 amide bonds. The third-order valence-corrected chi connectivity index (χ3v) is 5.08. The highest BCUT2D eigenvalue weighted by atomic mass is 16.6. The maximum atomic E-state index is 12.2. The summed E-state index contributed by atoms with van der Waals surface area (Å²) < 4.78 is 10.9. The lowest BCUT2D eigenvalue weighted by Gasteiger charge is -2.33. The first kappa shape index (κ1) is 19.0. The smallest absolute Gasteiger partial charge is 0.410 e. The fourth-order valence-corrected chi connectivity index (χ4v) is 3.68. The van der Waals surface area contributed by atoms with Crippen LogP contribution in [0.5, 0.6) is 0 Å². The van der Waals surface area contributed by atoms with Gasteiger partial charge in [-0.2, -0.15) is 0 Å². The van der Waals surface area contributed by atoms with Gasteiger partial charge in [-0.3, -0.25) is 0 Å². The highest BCUT2D eigenvalue weighted by Crippen LogP contribution is 2.25. The summed E-state index contributed by atoms with van der Waals surface area (Å²) in [4.78, 5) is 16.4. The van der Waals surface area contributed by atoms with Crippen LogP contribution in [0.1, 0.15) is 39.2 Å². The Morgan fingerprint density at radius 2 is 1.85 bits per heavy atom. The maximum absolute atomic E-state index is 12.2. The standard InChI is InChI=1S/C21H32N2O3/c1-21(2,3)26-20(24)23-9-7-17(8-10-23)15-18-5-4-6-19(16-18)22-11-13-25-14-12-22/h4-6,16-17H,7-15H2,1-3H3. The number of hydrogen-bond donors (Lipinski definition) is 0. The van der Waals surface area contributed by atoms with Crippen molar-refractivity contribution in [1.29, 1.82) is 0 Å². The average molecular weight is 360 g/mol. The number of likely N-dealkylation sites (tertiary alicyclic amines) is 1. The Hall–Kier alpha value is -1.75. The van der Waals surface area contributed by atoms with Crippen LogP contribution in [0.4, 0.5) is 10.5 Å². The van der Waals surface area contributed by atoms with Crippen LogP contribution in [0.15, 0.2) is 24.3 Å². The number of benzene rings is 1. The summed E-state index contributed by atoms with van der Waals surface area (Å²) in [6.07, 6.45) is 2.99. The normalized spacial score (nSPS) is 19.5. The average Bonchev–Trinajstić information content (AvgIpc) is 2.62. The SMILES string of the molecule is CC(C)(C)OC(=O)N1CCC(Cc2cccc(N3CCOCC3)c2)CC1. The maximum Gasteiger partial charge on any atom is 0.410 e. The number of morpholine rings is 1. The first-order valence-corrected chi connectivity index (χ1v) is 9.80. The van der Waals surface area contributed by atoms with Gasteiger partial charge in [0.05, 0.1) is 13.2 Å². The molecular weight excluding hydrogens is 328 g/mol. The number of amides is 1. The second-order valence-electron chi connectivity index (χ2n) is 8.38. The molecule has 0 radical (unpaired) electrons. The number of carbonyl (C=O) groups is 1. The molecule has 0 unspecified atom stereocenters. The van der Waals surface area contributed by atoms with Crippen molar-refractivity contribution >= 4 is 11.8 Å². The van der Waals surface area contributed by atoms with Gasteiger partial charge < -0.3 is 19.3 Å². The first-order chi connectivity index (χ1) is 12.4. The zero-order valence-corrected chi connectivity index (χ0v) is 16.4. The van der Waals surface area contributed by atoms with Crippen LogP contribution >= 0.6 is 0 Å². The molecule has 26 heavy (non-hydrogen) atoms. The van der Waals surface area contributed by atoms with Crippen LogP contribution in [0.2, 0.25) is 0 Å². The highest BCUT2D eigenvalue weighted by molar-refractivity contribution is 5.68. The largest absolute Gasteiger partial charge is 0.444 e. The van der Waals surface area contributed by atoms with E-state index in [-0.39, 0.29) is 6.09 Å². The van der Waals surface area contributed by atoms with Gasteiger partial charge in [0.1, 0.15) is 5.60 Å². The Morgan fingerprint density at radius 3 is 2.50 bits per heavy atom. The van der Waals surface area contributed by atoms with Crippen molar-refractivity contribution in [1.82, 2.24) is 4.90 Å². The molecule has 5 nitrogen and oxygen atoms in total. The van der Waals surface area contributed by atoms with E-state index in [9.17, 15) is 4.79 Å². The van der Waals surface area contributed by atoms with Crippen LogP contribution in [0.25, 0.3) is 0 Å². The van der Waals surface area contributed by atoms with Crippen molar-refractivity contribution in [2.75, 3.05) is 44.3 Å². The summed E-state index contributed by atoms with van der Waals surface area (Å²) in [7, 11) is 0. The molecule has 1 aromatic carbocycles. The molecule has 3 rings (SSSR count). The van der Waals surface area contributed by atoms with Gasteiger partial charge >= 0.3 is 6.09 Å². The molecule has 2 heterocycles. The van der Waals surface area contributed by atoms with Gasteiger partial charge in [-0.1, -0.05) is 12.1 Å². The van der Waals surface area contributed by atoms with Gasteiger partial charge in [-0.15, -0.1) is 0 Å². The minimum atomic E-state index is -0.423. The van der Waals surface area contributed by atoms with Crippen LogP contribution in [-0.4, -0.2) is 56.0 Å². The van der Waals surface area contributed by atoms with Gasteiger partial charge in [0.25, 0.3) is 0 Å². The predicted octanol–water partition coefficient (Wildman–Crippen LogP) is 3.71. The zero-order chi connectivity index (χ0) is 18.6. The Kier molecular flexibility index (Phi) is 6.07. The van der Waals surface area contributed by atoms with Crippen LogP contribution < -0.4 is 4.90 Å². The predicted molar refractivity (Wildman–Crippen MR) is 104 cm³/mol. The van der Waals surface area contributed by atoms with Gasteiger partial charge in [-0.25, -0.2) is 4.79 Å². The van der Waals surface area contributed by atoms with E-state index in [0.717, 1.165) is 58.7 Å². The molecule has 2 aliphatic rings. The third-order valence-electron chi connectivity index (χ3n) is 5.08. The number of hydrogen-bond acceptors (Lipinski definition) is 4. The lowest BCUT2D eigenvalue weighted by atomic mass is 9.90. The Labute approximate surface area is 157 Å². The van der Waals surface area contributed by atoms with Crippen molar-refractivity contribution in [2.45, 2.75) is 45.6 Å². The topological polar surface area (TPSA) is 42.0 Å². The number of anilines is 1. The molecule has 0 aliphatic carbocycles. The van der Waals surface area contributed by atoms with Crippen LogP contribution in [0, 0.1) is 5.92 Å². The van der Waals surface area contributed by atoms with E-state index in [1.165, 1.54) is 11.3 Å². The van der Waals surface area contributed by atoms with Gasteiger partial charge in [0.2, 0.25) is 0 Å². The summed E-state index contributed by atoms with van der Waals surface area (Å²) >= 11 is 0. The summed E-state index contributed by atoms with van der Waals surface area (Å²) in [5.74, 6) is 0.633. The first-order valence-electron chi connectivity index (χ1n) is 9.80. The second kappa shape index (κ2) is 8.30. The van der Waals surface area contributed by atoms with E-state index in [2.05, 4.69) is 29.2 Å². The molecule has 2 aliphatic heterocycles. The van der Waals surface area contributed by atoms with Crippen molar-refractivity contribution in [3.63, 3.8) is 0 Å². The summed E-state index contributed by atoms with van der Waals surface area (Å²) in [6, 6.07) is 8.91. The number of piperidine rings is 1. The molecule has 1 aromatic rings. The highest BCUT2D eigenvalue weighted by Gasteiger charge is 2.27.